The fourth-order valence-corrected chi connectivity index (χ4v) is 3.85. The number of thiocarbonyl (C=S) groups is 1. The van der Waals surface area contributed by atoms with Crippen molar-refractivity contribution in [2.75, 3.05) is 0 Å². The molecular weight excluding hydrogens is 342 g/mol. The Morgan fingerprint density at radius 3 is 2.25 bits per heavy atom. The van der Waals surface area contributed by atoms with Gasteiger partial charge in [-0.3, -0.25) is 9.69 Å². The van der Waals surface area contributed by atoms with Gasteiger partial charge < -0.3 is 9.90 Å². The quantitative estimate of drug-likeness (QED) is 0.595. The molecule has 1 fully saturated rings. The molecular formula is C18H20NO3S2-. The standard InChI is InChI=1S/C18H21NO3S2/c1-10(2)13-7-5-12(6-8-13)9-14-16(20)19(18(23)24-14)15(11(3)4)17(21)22/h5-11,15H,1-4H3,(H,21,22)/p-1/b14-9-/t15-/m1/s1. The lowest BCUT2D eigenvalue weighted by Gasteiger charge is -2.30. The second-order valence-electron chi connectivity index (χ2n) is 6.38. The van der Waals surface area contributed by atoms with Crippen LogP contribution in [0.4, 0.5) is 0 Å². The molecule has 0 N–H and O–H groups in total. The van der Waals surface area contributed by atoms with Gasteiger partial charge in [-0.15, -0.1) is 0 Å². The minimum absolute atomic E-state index is 0.257. The first kappa shape index (κ1) is 18.7. The molecule has 1 aromatic rings. The van der Waals surface area contributed by atoms with Crippen LogP contribution in [0.2, 0.25) is 0 Å². The van der Waals surface area contributed by atoms with Crippen LogP contribution in [0.1, 0.15) is 44.7 Å². The first-order chi connectivity index (χ1) is 11.2. The van der Waals surface area contributed by atoms with Gasteiger partial charge in [0.2, 0.25) is 0 Å². The lowest BCUT2D eigenvalue weighted by atomic mass is 10.0. The van der Waals surface area contributed by atoms with Gasteiger partial charge in [-0.25, -0.2) is 0 Å². The lowest BCUT2D eigenvalue weighted by molar-refractivity contribution is -0.311. The zero-order valence-electron chi connectivity index (χ0n) is 14.1. The zero-order valence-corrected chi connectivity index (χ0v) is 15.7. The van der Waals surface area contributed by atoms with E-state index in [0.29, 0.717) is 10.8 Å². The number of rotatable bonds is 5. The summed E-state index contributed by atoms with van der Waals surface area (Å²) < 4.78 is 0.257. The number of hydrogen-bond donors (Lipinski definition) is 0. The molecule has 0 unspecified atom stereocenters. The molecule has 0 saturated carbocycles. The van der Waals surface area contributed by atoms with Crippen molar-refractivity contribution in [2.24, 2.45) is 5.92 Å². The molecule has 0 bridgehead atoms. The van der Waals surface area contributed by atoms with Gasteiger partial charge >= 0.3 is 0 Å². The highest BCUT2D eigenvalue weighted by Crippen LogP contribution is 2.35. The third-order valence-electron chi connectivity index (χ3n) is 3.88. The van der Waals surface area contributed by atoms with Crippen molar-refractivity contribution < 1.29 is 14.7 Å². The Morgan fingerprint density at radius 2 is 1.79 bits per heavy atom. The normalized spacial score (nSPS) is 18.1. The highest BCUT2D eigenvalue weighted by molar-refractivity contribution is 8.26. The maximum atomic E-state index is 12.6. The van der Waals surface area contributed by atoms with Gasteiger partial charge in [-0.1, -0.05) is 75.9 Å². The van der Waals surface area contributed by atoms with Gasteiger partial charge in [0, 0.05) is 0 Å². The molecule has 1 saturated heterocycles. The summed E-state index contributed by atoms with van der Waals surface area (Å²) in [5, 5.41) is 11.4. The molecule has 2 rings (SSSR count). The van der Waals surface area contributed by atoms with E-state index in [0.717, 1.165) is 22.2 Å². The molecule has 6 heteroatoms. The zero-order chi connectivity index (χ0) is 18.0. The first-order valence-electron chi connectivity index (χ1n) is 7.80. The molecule has 1 aliphatic rings. The molecule has 0 spiro atoms. The number of thioether (sulfide) groups is 1. The summed E-state index contributed by atoms with van der Waals surface area (Å²) in [4.78, 5) is 25.6. The van der Waals surface area contributed by atoms with Crippen molar-refractivity contribution in [1.82, 2.24) is 4.90 Å². The monoisotopic (exact) mass is 362 g/mol. The van der Waals surface area contributed by atoms with Crippen LogP contribution in [0.5, 0.6) is 0 Å². The molecule has 1 aliphatic heterocycles. The number of hydrogen-bond acceptors (Lipinski definition) is 5. The van der Waals surface area contributed by atoms with E-state index in [4.69, 9.17) is 12.2 Å². The second-order valence-corrected chi connectivity index (χ2v) is 8.06. The van der Waals surface area contributed by atoms with Crippen LogP contribution in [0.3, 0.4) is 0 Å². The number of carboxylic acids is 1. The summed E-state index contributed by atoms with van der Waals surface area (Å²) in [6.45, 7) is 7.69. The summed E-state index contributed by atoms with van der Waals surface area (Å²) in [7, 11) is 0. The Hall–Kier alpha value is -1.66. The van der Waals surface area contributed by atoms with Crippen molar-refractivity contribution in [3.63, 3.8) is 0 Å². The van der Waals surface area contributed by atoms with Crippen LogP contribution in [-0.4, -0.2) is 27.1 Å². The second kappa shape index (κ2) is 7.49. The van der Waals surface area contributed by atoms with Gasteiger partial charge in [-0.2, -0.15) is 0 Å². The molecule has 0 radical (unpaired) electrons. The van der Waals surface area contributed by atoms with Crippen LogP contribution >= 0.6 is 24.0 Å². The van der Waals surface area contributed by atoms with Crippen molar-refractivity contribution in [3.8, 4) is 0 Å². The number of benzene rings is 1. The number of aliphatic carboxylic acids is 1. The number of carbonyl (C=O) groups excluding carboxylic acids is 2. The number of amides is 1. The van der Waals surface area contributed by atoms with Crippen molar-refractivity contribution in [1.29, 1.82) is 0 Å². The predicted molar refractivity (Wildman–Crippen MR) is 99.2 cm³/mol. The van der Waals surface area contributed by atoms with E-state index in [1.165, 1.54) is 5.56 Å². The lowest BCUT2D eigenvalue weighted by Crippen LogP contribution is -2.52. The van der Waals surface area contributed by atoms with E-state index in [1.54, 1.807) is 19.9 Å². The first-order valence-corrected chi connectivity index (χ1v) is 9.02. The largest absolute Gasteiger partial charge is 0.548 e. The van der Waals surface area contributed by atoms with Gasteiger partial charge in [-0.05, 0) is 29.0 Å². The van der Waals surface area contributed by atoms with Crippen molar-refractivity contribution in [3.05, 3.63) is 40.3 Å². The molecule has 0 aromatic heterocycles. The van der Waals surface area contributed by atoms with Crippen LogP contribution < -0.4 is 5.11 Å². The van der Waals surface area contributed by atoms with Gasteiger partial charge in [0.25, 0.3) is 5.91 Å². The van der Waals surface area contributed by atoms with Crippen molar-refractivity contribution >= 4 is 46.3 Å². The summed E-state index contributed by atoms with van der Waals surface area (Å²) >= 11 is 6.34. The molecule has 1 amide bonds. The van der Waals surface area contributed by atoms with Crippen LogP contribution in [0.25, 0.3) is 6.08 Å². The topological polar surface area (TPSA) is 60.4 Å². The molecule has 0 aliphatic carbocycles. The maximum absolute atomic E-state index is 12.6. The summed E-state index contributed by atoms with van der Waals surface area (Å²) in [6, 6.07) is 6.89. The smallest absolute Gasteiger partial charge is 0.266 e. The van der Waals surface area contributed by atoms with E-state index in [2.05, 4.69) is 13.8 Å². The third kappa shape index (κ3) is 3.87. The average Bonchev–Trinajstić information content (AvgIpc) is 2.75. The van der Waals surface area contributed by atoms with E-state index in [-0.39, 0.29) is 16.1 Å². The molecule has 4 nitrogen and oxygen atoms in total. The van der Waals surface area contributed by atoms with E-state index in [1.807, 2.05) is 24.3 Å². The van der Waals surface area contributed by atoms with Gasteiger partial charge in [0.05, 0.1) is 16.9 Å². The Bertz CT molecular complexity index is 693. The Morgan fingerprint density at radius 1 is 1.21 bits per heavy atom. The van der Waals surface area contributed by atoms with Gasteiger partial charge in [0.15, 0.2) is 0 Å². The van der Waals surface area contributed by atoms with E-state index in [9.17, 15) is 14.7 Å². The summed E-state index contributed by atoms with van der Waals surface area (Å²) in [6.07, 6.45) is 1.75. The van der Waals surface area contributed by atoms with Gasteiger partial charge in [0.1, 0.15) is 4.32 Å². The Balaban J connectivity index is 2.29. The van der Waals surface area contributed by atoms with E-state index >= 15 is 0 Å². The Kier molecular flexibility index (Phi) is 5.83. The highest BCUT2D eigenvalue weighted by atomic mass is 32.2. The predicted octanol–water partition coefficient (Wildman–Crippen LogP) is 2.79. The summed E-state index contributed by atoms with van der Waals surface area (Å²) in [5.74, 6) is -1.51. The fourth-order valence-electron chi connectivity index (χ4n) is 2.52. The van der Waals surface area contributed by atoms with Crippen LogP contribution in [0.15, 0.2) is 29.2 Å². The highest BCUT2D eigenvalue weighted by Gasteiger charge is 2.38. The SMILES string of the molecule is CC(C)c1ccc(/C=C2\SC(=S)N([C@@H](C(=O)[O-])C(C)C)C2=O)cc1. The fraction of sp³-hybridized carbons (Fsp3) is 0.389. The molecule has 1 heterocycles. The number of carboxylic acid groups (broad SMARTS) is 1. The average molecular weight is 362 g/mol. The third-order valence-corrected chi connectivity index (χ3v) is 5.21. The molecule has 128 valence electrons. The maximum Gasteiger partial charge on any atom is 0.266 e. The molecule has 1 atom stereocenters. The molecule has 1 aromatic carbocycles. The van der Waals surface area contributed by atoms with Crippen molar-refractivity contribution in [2.45, 2.75) is 39.7 Å². The number of carbonyl (C=O) groups is 2. The van der Waals surface area contributed by atoms with Crippen LogP contribution in [-0.2, 0) is 9.59 Å². The molecule has 24 heavy (non-hydrogen) atoms. The minimum Gasteiger partial charge on any atom is -0.548 e. The summed E-state index contributed by atoms with van der Waals surface area (Å²) in [5.41, 5.74) is 2.10. The number of nitrogens with zero attached hydrogens (tertiary/aromatic N) is 1. The van der Waals surface area contributed by atoms with E-state index < -0.39 is 12.0 Å². The minimum atomic E-state index is -1.29. The van der Waals surface area contributed by atoms with Crippen LogP contribution in [0, 0.1) is 5.92 Å². The Labute approximate surface area is 151 Å².